The third kappa shape index (κ3) is 2.81. The van der Waals surface area contributed by atoms with Crippen LogP contribution < -0.4 is 5.32 Å². The second-order valence-electron chi connectivity index (χ2n) is 5.09. The number of nitrogens with zero attached hydrogens (tertiary/aromatic N) is 3. The molecule has 0 saturated heterocycles. The molecule has 108 valence electrons. The summed E-state index contributed by atoms with van der Waals surface area (Å²) in [5.74, 6) is -0.0972. The van der Waals surface area contributed by atoms with E-state index in [4.69, 9.17) is 5.26 Å². The van der Waals surface area contributed by atoms with E-state index in [2.05, 4.69) is 10.3 Å². The molecule has 0 unspecified atom stereocenters. The predicted octanol–water partition coefficient (Wildman–Crippen LogP) is 2.63. The number of nitriles is 1. The number of anilines is 1. The average Bonchev–Trinajstić information content (AvgIpc) is 2.89. The van der Waals surface area contributed by atoms with Crippen molar-refractivity contribution in [1.82, 2.24) is 9.55 Å². The topological polar surface area (TPSA) is 70.7 Å². The van der Waals surface area contributed by atoms with Crippen LogP contribution in [0.3, 0.4) is 0 Å². The molecule has 0 saturated carbocycles. The molecule has 1 amide bonds. The van der Waals surface area contributed by atoms with Gasteiger partial charge in [0.05, 0.1) is 35.4 Å². The van der Waals surface area contributed by atoms with E-state index in [0.29, 0.717) is 11.3 Å². The Balaban J connectivity index is 1.70. The van der Waals surface area contributed by atoms with Gasteiger partial charge in [0, 0.05) is 12.7 Å². The van der Waals surface area contributed by atoms with Gasteiger partial charge in [-0.05, 0) is 42.0 Å². The third-order valence-electron chi connectivity index (χ3n) is 3.45. The number of imidazole rings is 1. The summed E-state index contributed by atoms with van der Waals surface area (Å²) >= 11 is 0. The minimum absolute atomic E-state index is 0.0972. The van der Waals surface area contributed by atoms with Crippen LogP contribution in [0.5, 0.6) is 0 Å². The van der Waals surface area contributed by atoms with Crippen molar-refractivity contribution in [2.24, 2.45) is 7.05 Å². The highest BCUT2D eigenvalue weighted by atomic mass is 16.1. The first-order valence-corrected chi connectivity index (χ1v) is 6.86. The van der Waals surface area contributed by atoms with E-state index < -0.39 is 0 Å². The smallest absolute Gasteiger partial charge is 0.228 e. The fraction of sp³-hybridized carbons (Fsp3) is 0.118. The van der Waals surface area contributed by atoms with Crippen LogP contribution in [0.1, 0.15) is 11.1 Å². The van der Waals surface area contributed by atoms with E-state index >= 15 is 0 Å². The van der Waals surface area contributed by atoms with Crippen molar-refractivity contribution in [3.8, 4) is 6.07 Å². The molecule has 0 fully saturated rings. The number of nitrogens with one attached hydrogen (secondary N) is 1. The Bertz CT molecular complexity index is 872. The molecule has 0 aliphatic rings. The Morgan fingerprint density at radius 1 is 1.27 bits per heavy atom. The van der Waals surface area contributed by atoms with Gasteiger partial charge in [-0.3, -0.25) is 4.79 Å². The lowest BCUT2D eigenvalue weighted by molar-refractivity contribution is -0.115. The van der Waals surface area contributed by atoms with Crippen LogP contribution in [-0.2, 0) is 18.3 Å². The van der Waals surface area contributed by atoms with Gasteiger partial charge in [-0.25, -0.2) is 4.98 Å². The fourth-order valence-electron chi connectivity index (χ4n) is 2.31. The lowest BCUT2D eigenvalue weighted by Gasteiger charge is -2.05. The summed E-state index contributed by atoms with van der Waals surface area (Å²) in [6.07, 6.45) is 2.04. The molecule has 0 aliphatic heterocycles. The molecule has 0 bridgehead atoms. The van der Waals surface area contributed by atoms with Gasteiger partial charge in [0.2, 0.25) is 5.91 Å². The maximum atomic E-state index is 12.1. The lowest BCUT2D eigenvalue weighted by atomic mass is 10.1. The van der Waals surface area contributed by atoms with Crippen LogP contribution in [0, 0.1) is 11.3 Å². The van der Waals surface area contributed by atoms with Crippen LogP contribution in [0.15, 0.2) is 48.8 Å². The van der Waals surface area contributed by atoms with Crippen LogP contribution >= 0.6 is 0 Å². The molecular weight excluding hydrogens is 276 g/mol. The molecule has 1 N–H and O–H groups in total. The van der Waals surface area contributed by atoms with Crippen molar-refractivity contribution < 1.29 is 4.79 Å². The van der Waals surface area contributed by atoms with Gasteiger partial charge >= 0.3 is 0 Å². The summed E-state index contributed by atoms with van der Waals surface area (Å²) in [6, 6.07) is 14.7. The Morgan fingerprint density at radius 2 is 2.05 bits per heavy atom. The molecule has 0 atom stereocenters. The zero-order valence-corrected chi connectivity index (χ0v) is 12.1. The number of hydrogen-bond donors (Lipinski definition) is 1. The number of amides is 1. The van der Waals surface area contributed by atoms with Gasteiger partial charge in [-0.15, -0.1) is 0 Å². The Morgan fingerprint density at radius 3 is 2.77 bits per heavy atom. The Labute approximate surface area is 127 Å². The summed E-state index contributed by atoms with van der Waals surface area (Å²) < 4.78 is 1.94. The molecule has 5 heteroatoms. The van der Waals surface area contributed by atoms with E-state index in [1.54, 1.807) is 30.6 Å². The second-order valence-corrected chi connectivity index (χ2v) is 5.09. The van der Waals surface area contributed by atoms with Crippen molar-refractivity contribution in [3.05, 3.63) is 59.9 Å². The van der Waals surface area contributed by atoms with Gasteiger partial charge in [0.25, 0.3) is 0 Å². The summed E-state index contributed by atoms with van der Waals surface area (Å²) in [7, 11) is 1.94. The van der Waals surface area contributed by atoms with Gasteiger partial charge in [0.1, 0.15) is 0 Å². The zero-order valence-electron chi connectivity index (χ0n) is 12.1. The van der Waals surface area contributed by atoms with Crippen LogP contribution in [0.4, 0.5) is 5.69 Å². The molecule has 22 heavy (non-hydrogen) atoms. The molecular formula is C17H14N4O. The van der Waals surface area contributed by atoms with E-state index in [1.165, 1.54) is 0 Å². The number of benzene rings is 2. The quantitative estimate of drug-likeness (QED) is 0.806. The standard InChI is InChI=1S/C17H14N4O/c1-21-11-19-15-8-13(4-7-16(15)21)9-17(22)20-14-5-2-12(10-18)3-6-14/h2-8,11H,9H2,1H3,(H,20,22). The Hall–Kier alpha value is -3.13. The lowest BCUT2D eigenvalue weighted by Crippen LogP contribution is -2.14. The Kier molecular flexibility index (Phi) is 3.58. The van der Waals surface area contributed by atoms with Crippen molar-refractivity contribution in [3.63, 3.8) is 0 Å². The highest BCUT2D eigenvalue weighted by Crippen LogP contribution is 2.15. The number of fused-ring (bicyclic) bond motifs is 1. The SMILES string of the molecule is Cn1cnc2cc(CC(=O)Nc3ccc(C#N)cc3)ccc21. The first kappa shape index (κ1) is 13.8. The molecule has 3 aromatic rings. The van der Waals surface area contributed by atoms with Crippen LogP contribution in [-0.4, -0.2) is 15.5 Å². The van der Waals surface area contributed by atoms with Crippen LogP contribution in [0.2, 0.25) is 0 Å². The number of hydrogen-bond acceptors (Lipinski definition) is 3. The number of rotatable bonds is 3. The molecule has 0 radical (unpaired) electrons. The summed E-state index contributed by atoms with van der Waals surface area (Å²) in [5.41, 5.74) is 4.08. The molecule has 3 rings (SSSR count). The summed E-state index contributed by atoms with van der Waals surface area (Å²) in [4.78, 5) is 16.4. The van der Waals surface area contributed by atoms with Gasteiger partial charge in [-0.1, -0.05) is 6.07 Å². The minimum Gasteiger partial charge on any atom is -0.334 e. The maximum absolute atomic E-state index is 12.1. The average molecular weight is 290 g/mol. The monoisotopic (exact) mass is 290 g/mol. The zero-order chi connectivity index (χ0) is 15.5. The van der Waals surface area contributed by atoms with E-state index in [0.717, 1.165) is 16.6 Å². The number of carbonyl (C=O) groups excluding carboxylic acids is 1. The predicted molar refractivity (Wildman–Crippen MR) is 84.2 cm³/mol. The first-order valence-electron chi connectivity index (χ1n) is 6.86. The summed E-state index contributed by atoms with van der Waals surface area (Å²) in [5, 5.41) is 11.6. The highest BCUT2D eigenvalue weighted by molar-refractivity contribution is 5.92. The second kappa shape index (κ2) is 5.70. The van der Waals surface area contributed by atoms with Crippen LogP contribution in [0.25, 0.3) is 11.0 Å². The molecule has 2 aromatic carbocycles. The van der Waals surface area contributed by atoms with E-state index in [1.807, 2.05) is 35.9 Å². The van der Waals surface area contributed by atoms with Crippen molar-refractivity contribution >= 4 is 22.6 Å². The summed E-state index contributed by atoms with van der Waals surface area (Å²) in [6.45, 7) is 0. The van der Waals surface area contributed by atoms with Crippen molar-refractivity contribution in [2.45, 2.75) is 6.42 Å². The minimum atomic E-state index is -0.0972. The van der Waals surface area contributed by atoms with Crippen molar-refractivity contribution in [1.29, 1.82) is 5.26 Å². The molecule has 1 aromatic heterocycles. The normalized spacial score (nSPS) is 10.4. The first-order chi connectivity index (χ1) is 10.7. The number of carbonyl (C=O) groups is 1. The van der Waals surface area contributed by atoms with E-state index in [-0.39, 0.29) is 12.3 Å². The number of aromatic nitrogens is 2. The maximum Gasteiger partial charge on any atom is 0.228 e. The van der Waals surface area contributed by atoms with Crippen molar-refractivity contribution in [2.75, 3.05) is 5.32 Å². The molecule has 5 nitrogen and oxygen atoms in total. The molecule has 1 heterocycles. The molecule has 0 aliphatic carbocycles. The largest absolute Gasteiger partial charge is 0.334 e. The van der Waals surface area contributed by atoms with Gasteiger partial charge < -0.3 is 9.88 Å². The highest BCUT2D eigenvalue weighted by Gasteiger charge is 2.07. The van der Waals surface area contributed by atoms with Gasteiger partial charge in [-0.2, -0.15) is 5.26 Å². The van der Waals surface area contributed by atoms with Gasteiger partial charge in [0.15, 0.2) is 0 Å². The third-order valence-corrected chi connectivity index (χ3v) is 3.45. The fourth-order valence-corrected chi connectivity index (χ4v) is 2.31. The number of aryl methyl sites for hydroxylation is 1. The van der Waals surface area contributed by atoms with E-state index in [9.17, 15) is 4.79 Å². The molecule has 0 spiro atoms.